The van der Waals surface area contributed by atoms with E-state index in [4.69, 9.17) is 0 Å². The van der Waals surface area contributed by atoms with Crippen LogP contribution in [0.2, 0.25) is 0 Å². The average molecular weight is 307 g/mol. The smallest absolute Gasteiger partial charge is 0.185 e. The Kier molecular flexibility index (Phi) is 4.03. The zero-order valence-electron chi connectivity index (χ0n) is 13.8. The van der Waals surface area contributed by atoms with Gasteiger partial charge in [0, 0.05) is 40.6 Å². The molecule has 0 N–H and O–H groups in total. The molecule has 0 radical (unpaired) electrons. The minimum atomic E-state index is 0.0171. The van der Waals surface area contributed by atoms with Crippen LogP contribution in [0.15, 0.2) is 58.8 Å². The van der Waals surface area contributed by atoms with Crippen molar-refractivity contribution in [3.05, 3.63) is 58.8 Å². The summed E-state index contributed by atoms with van der Waals surface area (Å²) < 4.78 is 2.20. The number of ketones is 2. The van der Waals surface area contributed by atoms with Gasteiger partial charge in [-0.05, 0) is 51.1 Å². The van der Waals surface area contributed by atoms with E-state index < -0.39 is 0 Å². The van der Waals surface area contributed by atoms with Gasteiger partial charge in [-0.15, -0.1) is 0 Å². The first kappa shape index (κ1) is 15.5. The molecule has 2 aromatic rings. The largest absolute Gasteiger partial charge is 0.347 e. The molecule has 1 aliphatic rings. The van der Waals surface area contributed by atoms with E-state index in [2.05, 4.69) is 29.0 Å². The van der Waals surface area contributed by atoms with Crippen molar-refractivity contribution < 1.29 is 9.59 Å². The Morgan fingerprint density at radius 3 is 2.35 bits per heavy atom. The van der Waals surface area contributed by atoms with E-state index >= 15 is 0 Å². The molecule has 1 aliphatic carbocycles. The van der Waals surface area contributed by atoms with Crippen LogP contribution in [-0.4, -0.2) is 16.1 Å². The van der Waals surface area contributed by atoms with Gasteiger partial charge < -0.3 is 4.57 Å². The fourth-order valence-electron chi connectivity index (χ4n) is 3.22. The Labute approximate surface area is 136 Å². The Morgan fingerprint density at radius 2 is 1.57 bits per heavy atom. The molecule has 3 heteroatoms. The van der Waals surface area contributed by atoms with Gasteiger partial charge >= 0.3 is 0 Å². The number of hydrogen-bond donors (Lipinski definition) is 0. The van der Waals surface area contributed by atoms with Crippen LogP contribution < -0.4 is 0 Å². The van der Waals surface area contributed by atoms with Gasteiger partial charge in [-0.1, -0.05) is 18.2 Å². The lowest BCUT2D eigenvalue weighted by Crippen LogP contribution is -2.20. The molecule has 0 bridgehead atoms. The molecule has 118 valence electrons. The molecule has 1 heterocycles. The summed E-state index contributed by atoms with van der Waals surface area (Å²) in [7, 11) is 0. The first-order valence-electron chi connectivity index (χ1n) is 8.01. The normalized spacial score (nSPS) is 16.0. The van der Waals surface area contributed by atoms with Crippen LogP contribution in [0.4, 0.5) is 0 Å². The Hall–Kier alpha value is -2.42. The van der Waals surface area contributed by atoms with Crippen molar-refractivity contribution in [2.24, 2.45) is 0 Å². The number of aryl methyl sites for hydroxylation is 1. The first-order chi connectivity index (χ1) is 11.0. The van der Waals surface area contributed by atoms with Crippen molar-refractivity contribution in [3.8, 4) is 0 Å². The van der Waals surface area contributed by atoms with E-state index in [1.165, 1.54) is 10.9 Å². The van der Waals surface area contributed by atoms with E-state index in [-0.39, 0.29) is 11.6 Å². The van der Waals surface area contributed by atoms with Crippen molar-refractivity contribution in [2.75, 3.05) is 0 Å². The molecule has 0 aliphatic heterocycles. The Morgan fingerprint density at radius 1 is 0.870 bits per heavy atom. The summed E-state index contributed by atoms with van der Waals surface area (Å²) in [6.45, 7) is 6.10. The summed E-state index contributed by atoms with van der Waals surface area (Å²) in [6.07, 6.45) is 3.57. The third-order valence-electron chi connectivity index (χ3n) is 4.82. The predicted octanol–water partition coefficient (Wildman–Crippen LogP) is 4.23. The third-order valence-corrected chi connectivity index (χ3v) is 4.82. The fourth-order valence-corrected chi connectivity index (χ4v) is 3.22. The molecule has 0 fully saturated rings. The molecule has 1 aromatic carbocycles. The Balaban J connectivity index is 1.74. The van der Waals surface area contributed by atoms with E-state index in [0.29, 0.717) is 28.7 Å². The Bertz CT molecular complexity index is 865. The number of allylic oxidation sites excluding steroid dienone is 4. The highest BCUT2D eigenvalue weighted by molar-refractivity contribution is 6.24. The van der Waals surface area contributed by atoms with Crippen LogP contribution in [0.5, 0.6) is 0 Å². The molecule has 23 heavy (non-hydrogen) atoms. The number of carbonyl (C=O) groups excluding carboxylic acids is 2. The number of Topliss-reactive ketones (excluding diaryl/α,β-unsaturated/α-hetero) is 2. The SMILES string of the molecule is CC1=C(C)C(=O)C(CCCn2ccc3ccccc32)=C(C)C1=O. The number of rotatable bonds is 4. The zero-order chi connectivity index (χ0) is 16.6. The number of benzene rings is 1. The second-order valence-corrected chi connectivity index (χ2v) is 6.18. The molecular formula is C20H21NO2. The van der Waals surface area contributed by atoms with Crippen molar-refractivity contribution in [2.45, 2.75) is 40.2 Å². The second kappa shape index (κ2) is 5.99. The minimum absolute atomic E-state index is 0.0171. The lowest BCUT2D eigenvalue weighted by Gasteiger charge is -2.18. The van der Waals surface area contributed by atoms with Crippen molar-refractivity contribution in [1.29, 1.82) is 0 Å². The molecule has 0 amide bonds. The first-order valence-corrected chi connectivity index (χ1v) is 8.01. The van der Waals surface area contributed by atoms with E-state index in [1.807, 2.05) is 12.1 Å². The highest BCUT2D eigenvalue weighted by atomic mass is 16.1. The van der Waals surface area contributed by atoms with Gasteiger partial charge in [0.1, 0.15) is 0 Å². The highest BCUT2D eigenvalue weighted by Crippen LogP contribution is 2.27. The van der Waals surface area contributed by atoms with Crippen molar-refractivity contribution in [1.82, 2.24) is 4.57 Å². The van der Waals surface area contributed by atoms with E-state index in [0.717, 1.165) is 13.0 Å². The molecule has 0 spiro atoms. The van der Waals surface area contributed by atoms with Gasteiger partial charge in [0.25, 0.3) is 0 Å². The average Bonchev–Trinajstić information content (AvgIpc) is 2.97. The van der Waals surface area contributed by atoms with Crippen LogP contribution in [0, 0.1) is 0 Å². The van der Waals surface area contributed by atoms with Gasteiger partial charge in [-0.25, -0.2) is 0 Å². The maximum atomic E-state index is 12.4. The molecule has 0 atom stereocenters. The van der Waals surface area contributed by atoms with Crippen LogP contribution in [0.25, 0.3) is 10.9 Å². The van der Waals surface area contributed by atoms with Gasteiger partial charge in [0.2, 0.25) is 0 Å². The van der Waals surface area contributed by atoms with Gasteiger partial charge in [0.05, 0.1) is 0 Å². The van der Waals surface area contributed by atoms with Gasteiger partial charge in [-0.3, -0.25) is 9.59 Å². The summed E-state index contributed by atoms with van der Waals surface area (Å²) in [4.78, 5) is 24.6. The molecule has 0 unspecified atom stereocenters. The molecular weight excluding hydrogens is 286 g/mol. The minimum Gasteiger partial charge on any atom is -0.347 e. The van der Waals surface area contributed by atoms with Gasteiger partial charge in [-0.2, -0.15) is 0 Å². The topological polar surface area (TPSA) is 39.1 Å². The van der Waals surface area contributed by atoms with Gasteiger partial charge in [0.15, 0.2) is 11.6 Å². The summed E-state index contributed by atoms with van der Waals surface area (Å²) in [5.74, 6) is 0.0560. The number of para-hydroxylation sites is 1. The fraction of sp³-hybridized carbons (Fsp3) is 0.300. The third kappa shape index (κ3) is 2.67. The second-order valence-electron chi connectivity index (χ2n) is 6.18. The lowest BCUT2D eigenvalue weighted by molar-refractivity contribution is -0.116. The number of aromatic nitrogens is 1. The van der Waals surface area contributed by atoms with Crippen molar-refractivity contribution >= 4 is 22.5 Å². The molecule has 3 nitrogen and oxygen atoms in total. The van der Waals surface area contributed by atoms with Crippen LogP contribution >= 0.6 is 0 Å². The number of hydrogen-bond acceptors (Lipinski definition) is 2. The van der Waals surface area contributed by atoms with Crippen molar-refractivity contribution in [3.63, 3.8) is 0 Å². The maximum absolute atomic E-state index is 12.4. The highest BCUT2D eigenvalue weighted by Gasteiger charge is 2.27. The quantitative estimate of drug-likeness (QED) is 0.793. The number of fused-ring (bicyclic) bond motifs is 1. The summed E-state index contributed by atoms with van der Waals surface area (Å²) in [6, 6.07) is 10.4. The molecule has 0 saturated carbocycles. The van der Waals surface area contributed by atoms with Crippen LogP contribution in [0.1, 0.15) is 33.6 Å². The standard InChI is InChI=1S/C20H21NO2/c1-13-14(2)20(23)17(15(3)19(13)22)8-6-11-21-12-10-16-7-4-5-9-18(16)21/h4-5,7,9-10,12H,6,8,11H2,1-3H3. The monoisotopic (exact) mass is 307 g/mol. The predicted molar refractivity (Wildman–Crippen MR) is 92.3 cm³/mol. The molecule has 1 aromatic heterocycles. The maximum Gasteiger partial charge on any atom is 0.185 e. The summed E-state index contributed by atoms with van der Waals surface area (Å²) in [5.41, 5.74) is 3.70. The summed E-state index contributed by atoms with van der Waals surface area (Å²) in [5, 5.41) is 1.22. The summed E-state index contributed by atoms with van der Waals surface area (Å²) >= 11 is 0. The van der Waals surface area contributed by atoms with Crippen LogP contribution in [-0.2, 0) is 16.1 Å². The van der Waals surface area contributed by atoms with Crippen LogP contribution in [0.3, 0.4) is 0 Å². The zero-order valence-corrected chi connectivity index (χ0v) is 13.8. The number of carbonyl (C=O) groups is 2. The lowest BCUT2D eigenvalue weighted by atomic mass is 9.84. The molecule has 3 rings (SSSR count). The van der Waals surface area contributed by atoms with E-state index in [1.54, 1.807) is 20.8 Å². The molecule has 0 saturated heterocycles. The van der Waals surface area contributed by atoms with E-state index in [9.17, 15) is 9.59 Å². The number of nitrogens with zero attached hydrogens (tertiary/aromatic N) is 1.